The SMILES string of the molecule is CC(C)(C)C1CC2=CC(NC(=O)C3(C4=CCC5CCOC5=C4)CC3)=CCC2N1. The van der Waals surface area contributed by atoms with Gasteiger partial charge in [-0.25, -0.2) is 0 Å². The molecule has 1 amide bonds. The molecule has 2 saturated heterocycles. The minimum absolute atomic E-state index is 0.159. The van der Waals surface area contributed by atoms with Gasteiger partial charge in [-0.15, -0.1) is 0 Å². The lowest BCUT2D eigenvalue weighted by molar-refractivity contribution is -0.124. The Kier molecular flexibility index (Phi) is 4.13. The van der Waals surface area contributed by atoms with E-state index in [0.717, 1.165) is 56.6 Å². The van der Waals surface area contributed by atoms with Crippen LogP contribution in [0.5, 0.6) is 0 Å². The maximum Gasteiger partial charge on any atom is 0.235 e. The number of fused-ring (bicyclic) bond motifs is 2. The van der Waals surface area contributed by atoms with Gasteiger partial charge in [-0.1, -0.05) is 32.9 Å². The van der Waals surface area contributed by atoms with Gasteiger partial charge < -0.3 is 15.4 Å². The Morgan fingerprint density at radius 1 is 1.21 bits per heavy atom. The fourth-order valence-electron chi connectivity index (χ4n) is 5.12. The molecule has 0 radical (unpaired) electrons. The molecule has 0 bridgehead atoms. The van der Waals surface area contributed by atoms with E-state index in [0.29, 0.717) is 18.0 Å². The fourth-order valence-corrected chi connectivity index (χ4v) is 5.12. The molecular weight excluding hydrogens is 348 g/mol. The summed E-state index contributed by atoms with van der Waals surface area (Å²) in [5, 5.41) is 7.02. The molecule has 2 N–H and O–H groups in total. The molecule has 3 aliphatic carbocycles. The van der Waals surface area contributed by atoms with Crippen LogP contribution in [0.2, 0.25) is 0 Å². The standard InChI is InChI=1S/C24H32N2O2/c1-23(2,3)21-13-16-12-18(6-7-19(16)26-21)25-22(27)24(9-10-24)17-5-4-15-8-11-28-20(15)14-17/h5-6,12,14-15,19,21,26H,4,7-11,13H2,1-3H3,(H,25,27). The molecule has 2 heterocycles. The molecule has 4 heteroatoms. The van der Waals surface area contributed by atoms with Crippen molar-refractivity contribution in [2.24, 2.45) is 16.7 Å². The topological polar surface area (TPSA) is 50.4 Å². The van der Waals surface area contributed by atoms with E-state index in [2.05, 4.69) is 55.7 Å². The monoisotopic (exact) mass is 380 g/mol. The van der Waals surface area contributed by atoms with Gasteiger partial charge in [0.05, 0.1) is 17.8 Å². The third-order valence-corrected chi connectivity index (χ3v) is 7.30. The van der Waals surface area contributed by atoms with Crippen molar-refractivity contribution in [3.05, 3.63) is 46.9 Å². The smallest absolute Gasteiger partial charge is 0.235 e. The highest BCUT2D eigenvalue weighted by Crippen LogP contribution is 2.55. The Morgan fingerprint density at radius 3 is 2.79 bits per heavy atom. The van der Waals surface area contributed by atoms with E-state index in [1.54, 1.807) is 0 Å². The third-order valence-electron chi connectivity index (χ3n) is 7.30. The number of rotatable bonds is 3. The molecule has 0 aromatic heterocycles. The van der Waals surface area contributed by atoms with E-state index < -0.39 is 0 Å². The largest absolute Gasteiger partial charge is 0.498 e. The predicted octanol–water partition coefficient (Wildman–Crippen LogP) is 4.12. The summed E-state index contributed by atoms with van der Waals surface area (Å²) < 4.78 is 5.79. The summed E-state index contributed by atoms with van der Waals surface area (Å²) in [4.78, 5) is 13.2. The van der Waals surface area contributed by atoms with Crippen molar-refractivity contribution in [1.29, 1.82) is 0 Å². The van der Waals surface area contributed by atoms with E-state index >= 15 is 0 Å². The van der Waals surface area contributed by atoms with Crippen LogP contribution < -0.4 is 10.6 Å². The molecule has 4 nitrogen and oxygen atoms in total. The average molecular weight is 381 g/mol. The van der Waals surface area contributed by atoms with Crippen LogP contribution in [0.4, 0.5) is 0 Å². The minimum atomic E-state index is -0.331. The number of ether oxygens (including phenoxy) is 1. The first-order valence-corrected chi connectivity index (χ1v) is 10.9. The quantitative estimate of drug-likeness (QED) is 0.774. The highest BCUT2D eigenvalue weighted by Gasteiger charge is 2.53. The van der Waals surface area contributed by atoms with Crippen LogP contribution in [0.25, 0.3) is 0 Å². The molecule has 0 aromatic carbocycles. The molecular formula is C24H32N2O2. The van der Waals surface area contributed by atoms with E-state index in [1.807, 2.05) is 0 Å². The van der Waals surface area contributed by atoms with Crippen molar-refractivity contribution in [3.63, 3.8) is 0 Å². The maximum atomic E-state index is 13.2. The Bertz CT molecular complexity index is 820. The van der Waals surface area contributed by atoms with Crippen LogP contribution in [0, 0.1) is 16.7 Å². The van der Waals surface area contributed by atoms with Gasteiger partial charge in [0.2, 0.25) is 5.91 Å². The summed E-state index contributed by atoms with van der Waals surface area (Å²) >= 11 is 0. The van der Waals surface area contributed by atoms with Gasteiger partial charge in [0.1, 0.15) is 0 Å². The Morgan fingerprint density at radius 2 is 2.04 bits per heavy atom. The second-order valence-electron chi connectivity index (χ2n) is 10.3. The molecule has 5 aliphatic rings. The first-order chi connectivity index (χ1) is 13.3. The van der Waals surface area contributed by atoms with Crippen molar-refractivity contribution in [2.75, 3.05) is 6.61 Å². The van der Waals surface area contributed by atoms with Gasteiger partial charge in [-0.3, -0.25) is 4.79 Å². The van der Waals surface area contributed by atoms with Crippen LogP contribution in [0.15, 0.2) is 46.9 Å². The second kappa shape index (κ2) is 6.35. The number of hydrogen-bond acceptors (Lipinski definition) is 3. The lowest BCUT2D eigenvalue weighted by atomic mass is 9.84. The maximum absolute atomic E-state index is 13.2. The van der Waals surface area contributed by atoms with Crippen molar-refractivity contribution in [3.8, 4) is 0 Å². The predicted molar refractivity (Wildman–Crippen MR) is 110 cm³/mol. The van der Waals surface area contributed by atoms with Crippen molar-refractivity contribution in [1.82, 2.24) is 10.6 Å². The van der Waals surface area contributed by atoms with Gasteiger partial charge in [0.15, 0.2) is 0 Å². The van der Waals surface area contributed by atoms with Crippen LogP contribution in [-0.2, 0) is 9.53 Å². The first-order valence-electron chi connectivity index (χ1n) is 10.9. The molecule has 3 atom stereocenters. The van der Waals surface area contributed by atoms with E-state index in [-0.39, 0.29) is 16.7 Å². The number of carbonyl (C=O) groups is 1. The molecule has 150 valence electrons. The van der Waals surface area contributed by atoms with Crippen LogP contribution in [0.1, 0.15) is 59.3 Å². The summed E-state index contributed by atoms with van der Waals surface area (Å²) in [6.07, 6.45) is 14.9. The van der Waals surface area contributed by atoms with Gasteiger partial charge in [0.25, 0.3) is 0 Å². The number of allylic oxidation sites excluding steroid dienone is 4. The summed E-state index contributed by atoms with van der Waals surface area (Å²) in [6, 6.07) is 0.933. The van der Waals surface area contributed by atoms with Crippen molar-refractivity contribution in [2.45, 2.75) is 71.4 Å². The van der Waals surface area contributed by atoms with E-state index in [4.69, 9.17) is 4.74 Å². The van der Waals surface area contributed by atoms with Crippen LogP contribution in [0.3, 0.4) is 0 Å². The molecule has 0 aromatic rings. The summed E-state index contributed by atoms with van der Waals surface area (Å²) in [6.45, 7) is 7.70. The van der Waals surface area contributed by atoms with E-state index in [9.17, 15) is 4.79 Å². The first kappa shape index (κ1) is 18.2. The van der Waals surface area contributed by atoms with Gasteiger partial charge in [-0.05, 0) is 67.2 Å². The molecule has 1 saturated carbocycles. The lowest BCUT2D eigenvalue weighted by Gasteiger charge is -2.27. The zero-order valence-corrected chi connectivity index (χ0v) is 17.3. The molecule has 0 spiro atoms. The van der Waals surface area contributed by atoms with E-state index in [1.165, 1.54) is 11.1 Å². The normalized spacial score (nSPS) is 32.9. The summed E-state index contributed by atoms with van der Waals surface area (Å²) in [5.41, 5.74) is 3.51. The van der Waals surface area contributed by atoms with Crippen molar-refractivity contribution < 1.29 is 9.53 Å². The number of nitrogens with one attached hydrogen (secondary N) is 2. The molecule has 5 rings (SSSR count). The summed E-state index contributed by atoms with van der Waals surface area (Å²) in [7, 11) is 0. The van der Waals surface area contributed by atoms with Crippen molar-refractivity contribution >= 4 is 5.91 Å². The lowest BCUT2D eigenvalue weighted by Crippen LogP contribution is -2.39. The Hall–Kier alpha value is -1.81. The highest BCUT2D eigenvalue weighted by molar-refractivity contribution is 5.91. The zero-order valence-electron chi connectivity index (χ0n) is 17.3. The minimum Gasteiger partial charge on any atom is -0.498 e. The van der Waals surface area contributed by atoms with Crippen LogP contribution in [-0.4, -0.2) is 24.6 Å². The number of amides is 1. The molecule has 28 heavy (non-hydrogen) atoms. The molecule has 3 fully saturated rings. The molecule has 3 unspecified atom stereocenters. The number of hydrogen-bond donors (Lipinski definition) is 2. The highest BCUT2D eigenvalue weighted by atomic mass is 16.5. The Labute approximate surface area is 168 Å². The molecule has 2 aliphatic heterocycles. The zero-order chi connectivity index (χ0) is 19.5. The number of carbonyl (C=O) groups excluding carboxylic acids is 1. The average Bonchev–Trinajstić information content (AvgIpc) is 3.13. The van der Waals surface area contributed by atoms with Gasteiger partial charge >= 0.3 is 0 Å². The second-order valence-corrected chi connectivity index (χ2v) is 10.3. The Balaban J connectivity index is 1.28. The fraction of sp³-hybridized carbons (Fsp3) is 0.625. The third kappa shape index (κ3) is 3.06. The van der Waals surface area contributed by atoms with Gasteiger partial charge in [-0.2, -0.15) is 0 Å². The summed E-state index contributed by atoms with van der Waals surface area (Å²) in [5.74, 6) is 1.80. The van der Waals surface area contributed by atoms with Gasteiger partial charge in [0, 0.05) is 23.7 Å². The van der Waals surface area contributed by atoms with Crippen LogP contribution >= 0.6 is 0 Å².